The van der Waals surface area contributed by atoms with E-state index in [4.69, 9.17) is 0 Å². The van der Waals surface area contributed by atoms with Gasteiger partial charge in [-0.3, -0.25) is 9.59 Å². The molecule has 2 heterocycles. The number of halogens is 1. The number of hydrogen-bond donors (Lipinski definition) is 1. The number of anilines is 1. The van der Waals surface area contributed by atoms with E-state index >= 15 is 0 Å². The van der Waals surface area contributed by atoms with Crippen LogP contribution in [0, 0.1) is 18.7 Å². The summed E-state index contributed by atoms with van der Waals surface area (Å²) in [5.41, 5.74) is 0.735. The third-order valence-electron chi connectivity index (χ3n) is 4.64. The van der Waals surface area contributed by atoms with Crippen LogP contribution in [0.1, 0.15) is 44.1 Å². The Morgan fingerprint density at radius 2 is 2.15 bits per heavy atom. The van der Waals surface area contributed by atoms with Gasteiger partial charge in [-0.2, -0.15) is 0 Å². The van der Waals surface area contributed by atoms with Crippen LogP contribution in [0.2, 0.25) is 0 Å². The molecule has 27 heavy (non-hydrogen) atoms. The van der Waals surface area contributed by atoms with Gasteiger partial charge in [-0.1, -0.05) is 19.9 Å². The molecule has 1 aromatic heterocycles. The first-order chi connectivity index (χ1) is 12.9. The zero-order valence-electron chi connectivity index (χ0n) is 15.8. The number of carbonyl (C=O) groups is 2. The van der Waals surface area contributed by atoms with Gasteiger partial charge in [0.2, 0.25) is 0 Å². The summed E-state index contributed by atoms with van der Waals surface area (Å²) in [6.45, 7) is 7.04. The average molecular weight is 373 g/mol. The molecule has 0 radical (unpaired) electrons. The fourth-order valence-corrected chi connectivity index (χ4v) is 3.32. The fraction of sp³-hybridized carbons (Fsp3) is 0.474. The van der Waals surface area contributed by atoms with Crippen molar-refractivity contribution < 1.29 is 14.0 Å². The standard InChI is InChI=1S/C19H24FN5O2/c1-12(2)10-24-11-21-23-17(24)16-5-4-8-25(16)19(27)18(26)22-14-7-6-13(3)15(20)9-14/h6-7,9,11-12,16H,4-5,8,10H2,1-3H3,(H,22,26)/t16-/m1/s1. The number of hydrogen-bond acceptors (Lipinski definition) is 4. The summed E-state index contributed by atoms with van der Waals surface area (Å²) in [6.07, 6.45) is 3.18. The number of aromatic nitrogens is 3. The highest BCUT2D eigenvalue weighted by Crippen LogP contribution is 2.31. The van der Waals surface area contributed by atoms with Crippen molar-refractivity contribution in [3.05, 3.63) is 41.7 Å². The Bertz CT molecular complexity index is 848. The monoisotopic (exact) mass is 373 g/mol. The lowest BCUT2D eigenvalue weighted by Crippen LogP contribution is -2.40. The van der Waals surface area contributed by atoms with Gasteiger partial charge in [0.15, 0.2) is 5.82 Å². The maximum absolute atomic E-state index is 13.7. The Labute approximate surface area is 157 Å². The maximum Gasteiger partial charge on any atom is 0.313 e. The van der Waals surface area contributed by atoms with Gasteiger partial charge in [-0.05, 0) is 43.4 Å². The molecule has 8 heteroatoms. The second kappa shape index (κ2) is 7.85. The highest BCUT2D eigenvalue weighted by Gasteiger charge is 2.36. The molecular formula is C19H24FN5O2. The van der Waals surface area contributed by atoms with Gasteiger partial charge >= 0.3 is 11.8 Å². The van der Waals surface area contributed by atoms with E-state index in [9.17, 15) is 14.0 Å². The van der Waals surface area contributed by atoms with Crippen LogP contribution in [0.15, 0.2) is 24.5 Å². The van der Waals surface area contributed by atoms with E-state index < -0.39 is 17.6 Å². The van der Waals surface area contributed by atoms with Gasteiger partial charge in [-0.25, -0.2) is 4.39 Å². The summed E-state index contributed by atoms with van der Waals surface area (Å²) < 4.78 is 15.6. The number of carbonyl (C=O) groups excluding carboxylic acids is 2. The highest BCUT2D eigenvalue weighted by molar-refractivity contribution is 6.39. The van der Waals surface area contributed by atoms with Crippen LogP contribution in [-0.4, -0.2) is 38.0 Å². The molecule has 0 saturated carbocycles. The predicted molar refractivity (Wildman–Crippen MR) is 98.3 cm³/mol. The molecule has 1 aromatic carbocycles. The van der Waals surface area contributed by atoms with E-state index in [0.717, 1.165) is 19.4 Å². The largest absolute Gasteiger partial charge is 0.324 e. The number of nitrogens with zero attached hydrogens (tertiary/aromatic N) is 4. The molecule has 144 valence electrons. The van der Waals surface area contributed by atoms with Gasteiger partial charge in [0.25, 0.3) is 0 Å². The normalized spacial score (nSPS) is 16.8. The molecule has 7 nitrogen and oxygen atoms in total. The van der Waals surface area contributed by atoms with Crippen LogP contribution < -0.4 is 5.32 Å². The van der Waals surface area contributed by atoms with Gasteiger partial charge in [0, 0.05) is 18.8 Å². The lowest BCUT2D eigenvalue weighted by atomic mass is 10.1. The minimum atomic E-state index is -0.778. The summed E-state index contributed by atoms with van der Waals surface area (Å²) in [4.78, 5) is 26.6. The van der Waals surface area contributed by atoms with Crippen LogP contribution in [0.25, 0.3) is 0 Å². The Balaban J connectivity index is 1.74. The minimum absolute atomic E-state index is 0.259. The number of likely N-dealkylation sites (tertiary alicyclic amines) is 1. The first kappa shape index (κ1) is 19.0. The lowest BCUT2D eigenvalue weighted by molar-refractivity contribution is -0.143. The number of aryl methyl sites for hydroxylation is 1. The van der Waals surface area contributed by atoms with Crippen LogP contribution in [0.5, 0.6) is 0 Å². The van der Waals surface area contributed by atoms with Crippen LogP contribution >= 0.6 is 0 Å². The molecule has 0 unspecified atom stereocenters. The second-order valence-corrected chi connectivity index (χ2v) is 7.31. The number of benzene rings is 1. The van der Waals surface area contributed by atoms with Crippen molar-refractivity contribution in [3.63, 3.8) is 0 Å². The molecule has 1 N–H and O–H groups in total. The van der Waals surface area contributed by atoms with E-state index in [-0.39, 0.29) is 11.7 Å². The molecule has 1 aliphatic rings. The molecule has 0 aliphatic carbocycles. The van der Waals surface area contributed by atoms with Crippen molar-refractivity contribution >= 4 is 17.5 Å². The lowest BCUT2D eigenvalue weighted by Gasteiger charge is -2.24. The molecule has 0 bridgehead atoms. The maximum atomic E-state index is 13.7. The van der Waals surface area contributed by atoms with Crippen molar-refractivity contribution in [2.75, 3.05) is 11.9 Å². The third-order valence-corrected chi connectivity index (χ3v) is 4.64. The van der Waals surface area contributed by atoms with E-state index in [0.29, 0.717) is 23.9 Å². The Morgan fingerprint density at radius 3 is 2.85 bits per heavy atom. The van der Waals surface area contributed by atoms with E-state index in [1.165, 1.54) is 11.0 Å². The molecule has 1 aliphatic heterocycles. The topological polar surface area (TPSA) is 80.1 Å². The Kier molecular flexibility index (Phi) is 5.53. The van der Waals surface area contributed by atoms with Crippen LogP contribution in [0.3, 0.4) is 0 Å². The molecule has 1 atom stereocenters. The van der Waals surface area contributed by atoms with Gasteiger partial charge in [-0.15, -0.1) is 10.2 Å². The summed E-state index contributed by atoms with van der Waals surface area (Å²) in [5, 5.41) is 10.6. The van der Waals surface area contributed by atoms with Crippen LogP contribution in [-0.2, 0) is 16.1 Å². The highest BCUT2D eigenvalue weighted by atomic mass is 19.1. The smallest absolute Gasteiger partial charge is 0.313 e. The van der Waals surface area contributed by atoms with Crippen molar-refractivity contribution in [1.82, 2.24) is 19.7 Å². The molecule has 2 aromatic rings. The van der Waals surface area contributed by atoms with E-state index in [1.807, 2.05) is 4.57 Å². The summed E-state index contributed by atoms with van der Waals surface area (Å²) in [5.74, 6) is -0.743. The van der Waals surface area contributed by atoms with Gasteiger partial charge < -0.3 is 14.8 Å². The molecule has 3 rings (SSSR count). The Morgan fingerprint density at radius 1 is 1.37 bits per heavy atom. The second-order valence-electron chi connectivity index (χ2n) is 7.31. The molecule has 0 spiro atoms. The minimum Gasteiger partial charge on any atom is -0.324 e. The quantitative estimate of drug-likeness (QED) is 0.836. The van der Waals surface area contributed by atoms with Crippen molar-refractivity contribution in [2.24, 2.45) is 5.92 Å². The summed E-state index contributed by atoms with van der Waals surface area (Å²) in [6, 6.07) is 4.06. The zero-order valence-corrected chi connectivity index (χ0v) is 15.8. The number of nitrogens with one attached hydrogen (secondary N) is 1. The van der Waals surface area contributed by atoms with Crippen LogP contribution in [0.4, 0.5) is 10.1 Å². The van der Waals surface area contributed by atoms with Crippen molar-refractivity contribution in [1.29, 1.82) is 0 Å². The Hall–Kier alpha value is -2.77. The molecule has 1 saturated heterocycles. The zero-order chi connectivity index (χ0) is 19.6. The van der Waals surface area contributed by atoms with E-state index in [2.05, 4.69) is 29.4 Å². The van der Waals surface area contributed by atoms with Crippen molar-refractivity contribution in [3.8, 4) is 0 Å². The molecular weight excluding hydrogens is 349 g/mol. The van der Waals surface area contributed by atoms with Crippen molar-refractivity contribution in [2.45, 2.75) is 46.2 Å². The summed E-state index contributed by atoms with van der Waals surface area (Å²) in [7, 11) is 0. The third kappa shape index (κ3) is 4.15. The molecule has 1 fully saturated rings. The first-order valence-corrected chi connectivity index (χ1v) is 9.12. The number of rotatable bonds is 4. The predicted octanol–water partition coefficient (Wildman–Crippen LogP) is 2.68. The average Bonchev–Trinajstić information content (AvgIpc) is 3.25. The summed E-state index contributed by atoms with van der Waals surface area (Å²) >= 11 is 0. The first-order valence-electron chi connectivity index (χ1n) is 9.12. The molecule has 2 amide bonds. The SMILES string of the molecule is Cc1ccc(NC(=O)C(=O)N2CCC[C@@H]2c2nncn2CC(C)C)cc1F. The number of amides is 2. The fourth-order valence-electron chi connectivity index (χ4n) is 3.32. The van der Waals surface area contributed by atoms with Gasteiger partial charge in [0.05, 0.1) is 6.04 Å². The van der Waals surface area contributed by atoms with Gasteiger partial charge in [0.1, 0.15) is 12.1 Å². The van der Waals surface area contributed by atoms with E-state index in [1.54, 1.807) is 25.4 Å².